The van der Waals surface area contributed by atoms with Crippen LogP contribution in [0.15, 0.2) is 51.7 Å². The molecule has 144 valence electrons. The molecule has 1 atom stereocenters. The fraction of sp³-hybridized carbons (Fsp3) is 0.304. The van der Waals surface area contributed by atoms with E-state index in [2.05, 4.69) is 5.32 Å². The molecule has 3 aromatic rings. The maximum atomic E-state index is 12.3. The summed E-state index contributed by atoms with van der Waals surface area (Å²) in [6, 6.07) is 13.3. The Balaban J connectivity index is 1.44. The number of rotatable bonds is 5. The van der Waals surface area contributed by atoms with Crippen molar-refractivity contribution in [2.45, 2.75) is 39.2 Å². The van der Waals surface area contributed by atoms with Crippen LogP contribution in [0.4, 0.5) is 0 Å². The molecule has 4 rings (SSSR count). The minimum absolute atomic E-state index is 0.100. The Kier molecular flexibility index (Phi) is 4.90. The second kappa shape index (κ2) is 7.50. The van der Waals surface area contributed by atoms with Crippen LogP contribution in [-0.4, -0.2) is 12.5 Å². The Morgan fingerprint density at radius 2 is 1.96 bits per heavy atom. The summed E-state index contributed by atoms with van der Waals surface area (Å²) in [5.74, 6) is 0.304. The first-order valence-corrected chi connectivity index (χ1v) is 9.59. The van der Waals surface area contributed by atoms with Crippen LogP contribution in [0.3, 0.4) is 0 Å². The molecule has 0 saturated heterocycles. The topological polar surface area (TPSA) is 68.5 Å². The highest BCUT2D eigenvalue weighted by molar-refractivity contribution is 5.83. The largest absolute Gasteiger partial charge is 0.484 e. The van der Waals surface area contributed by atoms with E-state index in [-0.39, 0.29) is 24.2 Å². The van der Waals surface area contributed by atoms with Crippen LogP contribution in [0.1, 0.15) is 41.6 Å². The summed E-state index contributed by atoms with van der Waals surface area (Å²) in [6.45, 7) is 3.87. The lowest BCUT2D eigenvalue weighted by atomic mass is 10.0. The third-order valence-corrected chi connectivity index (χ3v) is 5.35. The van der Waals surface area contributed by atoms with E-state index < -0.39 is 0 Å². The van der Waals surface area contributed by atoms with Gasteiger partial charge in [-0.25, -0.2) is 4.79 Å². The van der Waals surface area contributed by atoms with Gasteiger partial charge in [-0.1, -0.05) is 24.3 Å². The zero-order valence-corrected chi connectivity index (χ0v) is 16.1. The minimum Gasteiger partial charge on any atom is -0.484 e. The Morgan fingerprint density at radius 1 is 1.18 bits per heavy atom. The van der Waals surface area contributed by atoms with E-state index in [0.717, 1.165) is 46.9 Å². The Bertz CT molecular complexity index is 1100. The molecule has 28 heavy (non-hydrogen) atoms. The maximum absolute atomic E-state index is 12.3. The second-order valence-electron chi connectivity index (χ2n) is 7.29. The molecular weight excluding hydrogens is 354 g/mol. The van der Waals surface area contributed by atoms with E-state index in [9.17, 15) is 9.59 Å². The van der Waals surface area contributed by atoms with Crippen molar-refractivity contribution in [3.63, 3.8) is 0 Å². The molecule has 0 bridgehead atoms. The Morgan fingerprint density at radius 3 is 2.79 bits per heavy atom. The number of benzene rings is 2. The molecule has 0 saturated carbocycles. The number of carbonyl (C=O) groups is 1. The number of carbonyl (C=O) groups excluding carboxylic acids is 1. The van der Waals surface area contributed by atoms with Crippen LogP contribution in [0.2, 0.25) is 0 Å². The highest BCUT2D eigenvalue weighted by Crippen LogP contribution is 2.29. The quantitative estimate of drug-likeness (QED) is 0.686. The lowest BCUT2D eigenvalue weighted by Gasteiger charge is -2.17. The van der Waals surface area contributed by atoms with E-state index in [4.69, 9.17) is 9.15 Å². The van der Waals surface area contributed by atoms with Gasteiger partial charge in [-0.15, -0.1) is 0 Å². The van der Waals surface area contributed by atoms with E-state index in [1.807, 2.05) is 50.2 Å². The number of fused-ring (bicyclic) bond motifs is 3. The first-order valence-electron chi connectivity index (χ1n) is 9.59. The van der Waals surface area contributed by atoms with Crippen LogP contribution < -0.4 is 15.7 Å². The fourth-order valence-corrected chi connectivity index (χ4v) is 3.94. The van der Waals surface area contributed by atoms with Gasteiger partial charge < -0.3 is 14.5 Å². The highest BCUT2D eigenvalue weighted by Gasteiger charge is 2.20. The molecule has 0 radical (unpaired) electrons. The van der Waals surface area contributed by atoms with Crippen LogP contribution in [0.25, 0.3) is 11.0 Å². The van der Waals surface area contributed by atoms with Crippen LogP contribution in [0, 0.1) is 6.92 Å². The summed E-state index contributed by atoms with van der Waals surface area (Å²) >= 11 is 0. The van der Waals surface area contributed by atoms with E-state index in [1.54, 1.807) is 6.07 Å². The lowest BCUT2D eigenvalue weighted by molar-refractivity contribution is -0.123. The monoisotopic (exact) mass is 377 g/mol. The molecule has 1 aliphatic rings. The average molecular weight is 377 g/mol. The molecule has 1 amide bonds. The molecule has 1 unspecified atom stereocenters. The van der Waals surface area contributed by atoms with Gasteiger partial charge in [0.2, 0.25) is 0 Å². The highest BCUT2D eigenvalue weighted by atomic mass is 16.5. The average Bonchev–Trinajstić information content (AvgIpc) is 3.17. The van der Waals surface area contributed by atoms with Gasteiger partial charge in [0, 0.05) is 17.0 Å². The zero-order valence-electron chi connectivity index (χ0n) is 16.1. The van der Waals surface area contributed by atoms with E-state index in [1.165, 1.54) is 0 Å². The van der Waals surface area contributed by atoms with Crippen molar-refractivity contribution in [2.24, 2.45) is 0 Å². The number of amides is 1. The summed E-state index contributed by atoms with van der Waals surface area (Å²) in [7, 11) is 0. The second-order valence-corrected chi connectivity index (χ2v) is 7.29. The van der Waals surface area contributed by atoms with Crippen molar-refractivity contribution in [1.29, 1.82) is 0 Å². The first-order chi connectivity index (χ1) is 13.5. The number of hydrogen-bond donors (Lipinski definition) is 1. The van der Waals surface area contributed by atoms with Gasteiger partial charge in [0.25, 0.3) is 5.91 Å². The molecule has 0 fully saturated rings. The van der Waals surface area contributed by atoms with Crippen molar-refractivity contribution in [2.75, 3.05) is 6.61 Å². The van der Waals surface area contributed by atoms with Crippen molar-refractivity contribution in [3.8, 4) is 5.75 Å². The molecular formula is C23H23NO4. The van der Waals surface area contributed by atoms with Crippen molar-refractivity contribution >= 4 is 16.9 Å². The minimum atomic E-state index is -0.262. The van der Waals surface area contributed by atoms with Gasteiger partial charge in [-0.2, -0.15) is 0 Å². The first kappa shape index (κ1) is 18.3. The summed E-state index contributed by atoms with van der Waals surface area (Å²) < 4.78 is 11.1. The molecule has 0 aliphatic heterocycles. The standard InChI is InChI=1S/C23H23NO4/c1-14-6-3-4-7-17(14)15(2)24-22(25)13-27-16-10-11-19-18-8-5-9-20(18)23(26)28-21(19)12-16/h3-4,6-7,10-12,15H,5,8-9,13H2,1-2H3,(H,24,25). The number of hydrogen-bond acceptors (Lipinski definition) is 4. The number of nitrogens with one attached hydrogen (secondary N) is 1. The SMILES string of the molecule is Cc1ccccc1C(C)NC(=O)COc1ccc2c3c(c(=O)oc2c1)CCC3. The summed E-state index contributed by atoms with van der Waals surface area (Å²) in [5.41, 5.74) is 4.35. The summed E-state index contributed by atoms with van der Waals surface area (Å²) in [6.07, 6.45) is 2.67. The van der Waals surface area contributed by atoms with Crippen molar-refractivity contribution in [3.05, 3.63) is 75.1 Å². The predicted octanol–water partition coefficient (Wildman–Crippen LogP) is 3.85. The Hall–Kier alpha value is -3.08. The zero-order chi connectivity index (χ0) is 19.7. The van der Waals surface area contributed by atoms with Crippen molar-refractivity contribution < 1.29 is 13.9 Å². The molecule has 1 N–H and O–H groups in total. The van der Waals surface area contributed by atoms with E-state index in [0.29, 0.717) is 11.3 Å². The third kappa shape index (κ3) is 3.52. The lowest BCUT2D eigenvalue weighted by Crippen LogP contribution is -2.31. The van der Waals surface area contributed by atoms with Crippen LogP contribution >= 0.6 is 0 Å². The van der Waals surface area contributed by atoms with Gasteiger partial charge >= 0.3 is 5.63 Å². The van der Waals surface area contributed by atoms with Crippen LogP contribution in [-0.2, 0) is 17.6 Å². The maximum Gasteiger partial charge on any atom is 0.339 e. The third-order valence-electron chi connectivity index (χ3n) is 5.35. The summed E-state index contributed by atoms with van der Waals surface area (Å²) in [4.78, 5) is 24.4. The number of ether oxygens (including phenoxy) is 1. The van der Waals surface area contributed by atoms with Crippen LogP contribution in [0.5, 0.6) is 5.75 Å². The Labute approximate surface area is 163 Å². The molecule has 1 heterocycles. The molecule has 2 aromatic carbocycles. The van der Waals surface area contributed by atoms with E-state index >= 15 is 0 Å². The van der Waals surface area contributed by atoms with Gasteiger partial charge in [0.1, 0.15) is 11.3 Å². The predicted molar refractivity (Wildman–Crippen MR) is 108 cm³/mol. The molecule has 5 heteroatoms. The summed E-state index contributed by atoms with van der Waals surface area (Å²) in [5, 5.41) is 3.91. The smallest absolute Gasteiger partial charge is 0.339 e. The molecule has 5 nitrogen and oxygen atoms in total. The number of aryl methyl sites for hydroxylation is 2. The van der Waals surface area contributed by atoms with Gasteiger partial charge in [-0.05, 0) is 61.9 Å². The normalized spacial score (nSPS) is 13.9. The molecule has 1 aromatic heterocycles. The fourth-order valence-electron chi connectivity index (χ4n) is 3.94. The van der Waals surface area contributed by atoms with Crippen molar-refractivity contribution in [1.82, 2.24) is 5.32 Å². The molecule has 0 spiro atoms. The van der Waals surface area contributed by atoms with Gasteiger partial charge in [-0.3, -0.25) is 4.79 Å². The van der Waals surface area contributed by atoms with Gasteiger partial charge in [0.15, 0.2) is 6.61 Å². The molecule has 1 aliphatic carbocycles. The van der Waals surface area contributed by atoms with Gasteiger partial charge in [0.05, 0.1) is 6.04 Å².